The van der Waals surface area contributed by atoms with Crippen molar-refractivity contribution in [1.29, 1.82) is 5.41 Å². The van der Waals surface area contributed by atoms with E-state index >= 15 is 0 Å². The van der Waals surface area contributed by atoms with Crippen molar-refractivity contribution in [3.05, 3.63) is 38.4 Å². The maximum absolute atomic E-state index is 11.0. The van der Waals surface area contributed by atoms with Crippen LogP contribution in [0.1, 0.15) is 15.9 Å². The molecule has 0 spiro atoms. The number of benzene rings is 1. The molecule has 17 heavy (non-hydrogen) atoms. The van der Waals surface area contributed by atoms with Crippen LogP contribution in [0.15, 0.2) is 27.3 Å². The monoisotopic (exact) mass is 360 g/mol. The molecular weight excluding hydrogens is 352 g/mol. The molecule has 0 saturated heterocycles. The van der Waals surface area contributed by atoms with Gasteiger partial charge in [-0.25, -0.2) is 4.79 Å². The minimum Gasteiger partial charge on any atom is -0.478 e. The molecule has 3 N–H and O–H groups in total. The number of carboxylic acid groups (broad SMARTS) is 1. The van der Waals surface area contributed by atoms with Gasteiger partial charge < -0.3 is 15.8 Å². The molecule has 0 atom stereocenters. The van der Waals surface area contributed by atoms with Crippen molar-refractivity contribution in [1.82, 2.24) is 5.32 Å². The number of hydrogen-bond acceptors (Lipinski definition) is 3. The molecule has 0 saturated carbocycles. The van der Waals surface area contributed by atoms with E-state index in [1.165, 1.54) is 6.21 Å². The fourth-order valence-corrected chi connectivity index (χ4v) is 2.83. The van der Waals surface area contributed by atoms with Crippen molar-refractivity contribution in [3.8, 4) is 0 Å². The third-order valence-electron chi connectivity index (χ3n) is 2.04. The van der Waals surface area contributed by atoms with E-state index in [0.717, 1.165) is 5.56 Å². The molecule has 90 valence electrons. The summed E-state index contributed by atoms with van der Waals surface area (Å²) in [5.74, 6) is -1.01. The highest BCUT2D eigenvalue weighted by Gasteiger charge is 2.15. The smallest absolute Gasteiger partial charge is 0.337 e. The van der Waals surface area contributed by atoms with Gasteiger partial charge in [0.1, 0.15) is 0 Å². The van der Waals surface area contributed by atoms with E-state index < -0.39 is 5.97 Å². The van der Waals surface area contributed by atoms with E-state index in [1.54, 1.807) is 25.4 Å². The van der Waals surface area contributed by atoms with E-state index in [9.17, 15) is 4.79 Å². The van der Waals surface area contributed by atoms with Gasteiger partial charge in [-0.1, -0.05) is 0 Å². The SMILES string of the molecule is CN/C=C(\C=N)c1cc(Br)c(C(=O)O)c(Br)c1. The molecule has 0 aliphatic heterocycles. The summed E-state index contributed by atoms with van der Waals surface area (Å²) in [6, 6.07) is 3.34. The second-order valence-electron chi connectivity index (χ2n) is 3.15. The van der Waals surface area contributed by atoms with Gasteiger partial charge in [0.2, 0.25) is 0 Å². The van der Waals surface area contributed by atoms with Crippen molar-refractivity contribution < 1.29 is 9.90 Å². The Labute approximate surface area is 115 Å². The summed E-state index contributed by atoms with van der Waals surface area (Å²) in [5, 5.41) is 19.1. The molecule has 1 rings (SSSR count). The summed E-state index contributed by atoms with van der Waals surface area (Å²) in [6.45, 7) is 0. The second-order valence-corrected chi connectivity index (χ2v) is 4.86. The number of hydrogen-bond donors (Lipinski definition) is 3. The van der Waals surface area contributed by atoms with Crippen LogP contribution in [0.5, 0.6) is 0 Å². The van der Waals surface area contributed by atoms with Crippen molar-refractivity contribution in [3.63, 3.8) is 0 Å². The third-order valence-corrected chi connectivity index (χ3v) is 3.30. The molecule has 0 aliphatic rings. The maximum Gasteiger partial charge on any atom is 0.337 e. The van der Waals surface area contributed by atoms with Crippen LogP contribution in [0.2, 0.25) is 0 Å². The van der Waals surface area contributed by atoms with Gasteiger partial charge in [-0.05, 0) is 49.6 Å². The summed E-state index contributed by atoms with van der Waals surface area (Å²) in [6.07, 6.45) is 2.87. The van der Waals surface area contributed by atoms with Gasteiger partial charge in [-0.2, -0.15) is 0 Å². The van der Waals surface area contributed by atoms with Gasteiger partial charge in [0.25, 0.3) is 0 Å². The van der Waals surface area contributed by atoms with Gasteiger partial charge in [0, 0.05) is 34.0 Å². The normalized spacial score (nSPS) is 11.1. The minimum atomic E-state index is -1.01. The van der Waals surface area contributed by atoms with E-state index in [-0.39, 0.29) is 5.56 Å². The van der Waals surface area contributed by atoms with Gasteiger partial charge >= 0.3 is 5.97 Å². The first kappa shape index (κ1) is 13.9. The van der Waals surface area contributed by atoms with Gasteiger partial charge in [-0.15, -0.1) is 0 Å². The van der Waals surface area contributed by atoms with Crippen molar-refractivity contribution in [2.45, 2.75) is 0 Å². The summed E-state index contributed by atoms with van der Waals surface area (Å²) >= 11 is 6.43. The Morgan fingerprint density at radius 1 is 1.41 bits per heavy atom. The zero-order chi connectivity index (χ0) is 13.0. The molecule has 0 radical (unpaired) electrons. The molecule has 0 unspecified atom stereocenters. The first-order valence-corrected chi connectivity index (χ1v) is 6.20. The predicted molar refractivity (Wildman–Crippen MR) is 74.6 cm³/mol. The zero-order valence-electron chi connectivity index (χ0n) is 8.92. The molecule has 4 nitrogen and oxygen atoms in total. The van der Waals surface area contributed by atoms with E-state index in [0.29, 0.717) is 14.5 Å². The molecule has 0 amide bonds. The Balaban J connectivity index is 3.36. The lowest BCUT2D eigenvalue weighted by atomic mass is 10.1. The minimum absolute atomic E-state index is 0.169. The average Bonchev–Trinajstić information content (AvgIpc) is 2.24. The first-order valence-electron chi connectivity index (χ1n) is 4.62. The van der Waals surface area contributed by atoms with E-state index in [1.807, 2.05) is 0 Å². The van der Waals surface area contributed by atoms with Crippen LogP contribution < -0.4 is 5.32 Å². The number of aromatic carboxylic acids is 1. The number of carboxylic acids is 1. The highest BCUT2D eigenvalue weighted by Crippen LogP contribution is 2.29. The summed E-state index contributed by atoms with van der Waals surface area (Å²) in [5.41, 5.74) is 1.58. The number of rotatable bonds is 4. The Bertz CT molecular complexity index is 475. The number of nitrogens with one attached hydrogen (secondary N) is 2. The highest BCUT2D eigenvalue weighted by molar-refractivity contribution is 9.11. The Morgan fingerprint density at radius 3 is 2.29 bits per heavy atom. The summed E-state index contributed by atoms with van der Waals surface area (Å²) in [7, 11) is 1.74. The van der Waals surface area contributed by atoms with Crippen LogP contribution in [0.3, 0.4) is 0 Å². The van der Waals surface area contributed by atoms with Crippen LogP contribution >= 0.6 is 31.9 Å². The Hall–Kier alpha value is -1.14. The fourth-order valence-electron chi connectivity index (χ4n) is 1.31. The average molecular weight is 362 g/mol. The van der Waals surface area contributed by atoms with E-state index in [2.05, 4.69) is 37.2 Å². The maximum atomic E-state index is 11.0. The van der Waals surface area contributed by atoms with Crippen molar-refractivity contribution in [2.75, 3.05) is 7.05 Å². The molecule has 0 aromatic heterocycles. The topological polar surface area (TPSA) is 73.2 Å². The number of carbonyl (C=O) groups is 1. The van der Waals surface area contributed by atoms with Gasteiger partial charge in [0.05, 0.1) is 5.56 Å². The van der Waals surface area contributed by atoms with Crippen molar-refractivity contribution >= 4 is 49.6 Å². The molecule has 6 heteroatoms. The fraction of sp³-hybridized carbons (Fsp3) is 0.0909. The van der Waals surface area contributed by atoms with Crippen LogP contribution in [0.4, 0.5) is 0 Å². The highest BCUT2D eigenvalue weighted by atomic mass is 79.9. The molecule has 0 fully saturated rings. The number of allylic oxidation sites excluding steroid dienone is 1. The molecule has 1 aromatic carbocycles. The number of halogens is 2. The van der Waals surface area contributed by atoms with Crippen LogP contribution in [-0.2, 0) is 0 Å². The first-order chi connectivity index (χ1) is 8.01. The zero-order valence-corrected chi connectivity index (χ0v) is 12.1. The Morgan fingerprint density at radius 2 is 1.94 bits per heavy atom. The van der Waals surface area contributed by atoms with E-state index in [4.69, 9.17) is 10.5 Å². The second kappa shape index (κ2) is 5.97. The van der Waals surface area contributed by atoms with Crippen molar-refractivity contribution in [2.24, 2.45) is 0 Å². The van der Waals surface area contributed by atoms with Crippen LogP contribution in [-0.4, -0.2) is 24.3 Å². The lowest BCUT2D eigenvalue weighted by molar-refractivity contribution is 0.0695. The summed E-state index contributed by atoms with van der Waals surface area (Å²) in [4.78, 5) is 11.0. The lowest BCUT2D eigenvalue weighted by Crippen LogP contribution is -2.02. The van der Waals surface area contributed by atoms with Crippen LogP contribution in [0.25, 0.3) is 5.57 Å². The standard InChI is InChI=1S/C11H10Br2N2O2/c1-15-5-7(4-14)6-2-8(12)10(11(16)17)9(13)3-6/h2-5,14-15H,1H3,(H,16,17)/b7-5+,14-4?. The largest absolute Gasteiger partial charge is 0.478 e. The van der Waals surface area contributed by atoms with Gasteiger partial charge in [-0.3, -0.25) is 0 Å². The molecule has 0 bridgehead atoms. The Kier molecular flexibility index (Phi) is 4.89. The van der Waals surface area contributed by atoms with Gasteiger partial charge in [0.15, 0.2) is 0 Å². The third kappa shape index (κ3) is 3.17. The van der Waals surface area contributed by atoms with Crippen LogP contribution in [0, 0.1) is 5.41 Å². The molecular formula is C11H10Br2N2O2. The molecule has 1 aromatic rings. The molecule has 0 heterocycles. The molecule has 0 aliphatic carbocycles. The predicted octanol–water partition coefficient (Wildman–Crippen LogP) is 3.12. The lowest BCUT2D eigenvalue weighted by Gasteiger charge is -2.07. The summed E-state index contributed by atoms with van der Waals surface area (Å²) < 4.78 is 0.941. The quantitative estimate of drug-likeness (QED) is 0.721.